The highest BCUT2D eigenvalue weighted by Crippen LogP contribution is 2.24. The third kappa shape index (κ3) is 9.15. The molecule has 0 radical (unpaired) electrons. The second-order valence-corrected chi connectivity index (χ2v) is 7.43. The lowest BCUT2D eigenvalue weighted by Crippen LogP contribution is -2.39. The smallest absolute Gasteiger partial charge is 0.293 e. The molecule has 1 aromatic rings. The Bertz CT molecular complexity index is 633. The molecule has 4 N–H and O–H groups in total. The van der Waals surface area contributed by atoms with Gasteiger partial charge in [-0.05, 0) is 49.9 Å². The minimum absolute atomic E-state index is 0.0281. The Labute approximate surface area is 172 Å². The zero-order chi connectivity index (χ0) is 20.9. The first kappa shape index (κ1) is 23.0. The fraction of sp³-hybridized carbons (Fsp3) is 0.619. The highest BCUT2D eigenvalue weighted by molar-refractivity contribution is 5.76. The summed E-state index contributed by atoms with van der Waals surface area (Å²) in [6.45, 7) is 5.19. The number of carbonyl (C=O) groups excluding carboxylic acids is 2. The second kappa shape index (κ2) is 13.0. The van der Waals surface area contributed by atoms with Crippen molar-refractivity contribution in [3.05, 3.63) is 23.8 Å². The zero-order valence-electron chi connectivity index (χ0n) is 16.9. The van der Waals surface area contributed by atoms with Crippen molar-refractivity contribution in [3.63, 3.8) is 0 Å². The van der Waals surface area contributed by atoms with E-state index in [1.54, 1.807) is 12.1 Å². The molecule has 1 aliphatic heterocycles. The molecule has 0 aromatic heterocycles. The molecule has 29 heavy (non-hydrogen) atoms. The number of rotatable bonds is 13. The normalized spacial score (nSPS) is 15.2. The van der Waals surface area contributed by atoms with Crippen LogP contribution in [-0.4, -0.2) is 66.3 Å². The van der Waals surface area contributed by atoms with Crippen LogP contribution < -0.4 is 10.6 Å². The molecular formula is C21H33N3O5. The first-order chi connectivity index (χ1) is 14.1. The zero-order valence-corrected chi connectivity index (χ0v) is 16.9. The van der Waals surface area contributed by atoms with Crippen molar-refractivity contribution in [2.75, 3.05) is 32.7 Å². The maximum absolute atomic E-state index is 11.9. The fourth-order valence-corrected chi connectivity index (χ4v) is 3.39. The number of unbranched alkanes of at least 4 members (excludes halogenated alkanes) is 2. The Morgan fingerprint density at radius 2 is 1.90 bits per heavy atom. The highest BCUT2D eigenvalue weighted by Gasteiger charge is 2.20. The molecule has 0 bridgehead atoms. The number of phenols is 2. The summed E-state index contributed by atoms with van der Waals surface area (Å²) in [5, 5.41) is 25.0. The Morgan fingerprint density at radius 1 is 1.14 bits per heavy atom. The molecule has 162 valence electrons. The van der Waals surface area contributed by atoms with E-state index in [0.717, 1.165) is 63.8 Å². The molecule has 8 nitrogen and oxygen atoms in total. The van der Waals surface area contributed by atoms with Gasteiger partial charge in [-0.25, -0.2) is 0 Å². The maximum Gasteiger partial charge on any atom is 0.293 e. The Hall–Kier alpha value is -2.32. The van der Waals surface area contributed by atoms with Gasteiger partial charge in [0.05, 0.1) is 0 Å². The van der Waals surface area contributed by atoms with Crippen LogP contribution in [0.1, 0.15) is 44.1 Å². The number of hydrogen-bond acceptors (Lipinski definition) is 7. The lowest BCUT2D eigenvalue weighted by Gasteiger charge is -2.30. The van der Waals surface area contributed by atoms with E-state index < -0.39 is 0 Å². The average Bonchev–Trinajstić information content (AvgIpc) is 2.72. The van der Waals surface area contributed by atoms with Gasteiger partial charge in [-0.15, -0.1) is 0 Å². The largest absolute Gasteiger partial charge is 0.504 e. The molecule has 1 aromatic carbocycles. The molecule has 0 unspecified atom stereocenters. The third-order valence-corrected chi connectivity index (χ3v) is 5.16. The molecule has 1 fully saturated rings. The molecule has 0 aliphatic carbocycles. The number of ether oxygens (including phenoxy) is 1. The molecule has 2 rings (SSSR count). The minimum atomic E-state index is -0.107. The molecule has 1 amide bonds. The van der Waals surface area contributed by atoms with Crippen LogP contribution in [0.25, 0.3) is 0 Å². The average molecular weight is 408 g/mol. The number of amides is 1. The summed E-state index contributed by atoms with van der Waals surface area (Å²) in [6, 6.07) is 4.82. The van der Waals surface area contributed by atoms with Crippen molar-refractivity contribution in [1.82, 2.24) is 15.5 Å². The van der Waals surface area contributed by atoms with Crippen molar-refractivity contribution in [3.8, 4) is 11.5 Å². The first-order valence-electron chi connectivity index (χ1n) is 10.4. The van der Waals surface area contributed by atoms with E-state index in [4.69, 9.17) is 4.74 Å². The summed E-state index contributed by atoms with van der Waals surface area (Å²) < 4.78 is 4.98. The Kier molecular flexibility index (Phi) is 10.3. The van der Waals surface area contributed by atoms with Gasteiger partial charge in [-0.1, -0.05) is 12.5 Å². The fourth-order valence-electron chi connectivity index (χ4n) is 3.39. The van der Waals surface area contributed by atoms with Gasteiger partial charge in [0.1, 0.15) is 6.10 Å². The second-order valence-electron chi connectivity index (χ2n) is 7.43. The van der Waals surface area contributed by atoms with E-state index in [1.165, 1.54) is 6.07 Å². The number of benzene rings is 1. The quantitative estimate of drug-likeness (QED) is 0.223. The molecule has 0 saturated carbocycles. The van der Waals surface area contributed by atoms with Crippen molar-refractivity contribution in [1.29, 1.82) is 0 Å². The van der Waals surface area contributed by atoms with E-state index in [9.17, 15) is 19.8 Å². The van der Waals surface area contributed by atoms with E-state index in [-0.39, 0.29) is 23.5 Å². The van der Waals surface area contributed by atoms with E-state index in [1.807, 2.05) is 0 Å². The van der Waals surface area contributed by atoms with E-state index in [2.05, 4.69) is 15.5 Å². The Balaban J connectivity index is 1.41. The van der Waals surface area contributed by atoms with Crippen LogP contribution in [0.3, 0.4) is 0 Å². The molecule has 8 heteroatoms. The summed E-state index contributed by atoms with van der Waals surface area (Å²) in [7, 11) is 0. The standard InChI is InChI=1S/C21H33N3O5/c25-16-29-18-6-11-24(12-7-18)13-8-21(28)23-10-3-1-2-9-22-15-17-4-5-19(26)20(27)14-17/h4-5,14,16,18,22,26-27H,1-3,6-13,15H2,(H,23,28). The van der Waals surface area contributed by atoms with Crippen LogP contribution >= 0.6 is 0 Å². The van der Waals surface area contributed by atoms with Crippen molar-refractivity contribution in [2.45, 2.75) is 51.2 Å². The highest BCUT2D eigenvalue weighted by atomic mass is 16.5. The number of nitrogens with one attached hydrogen (secondary N) is 2. The van der Waals surface area contributed by atoms with Gasteiger partial charge in [0.25, 0.3) is 6.47 Å². The van der Waals surface area contributed by atoms with Gasteiger partial charge in [0.2, 0.25) is 5.91 Å². The molecule has 0 spiro atoms. The summed E-state index contributed by atoms with van der Waals surface area (Å²) in [6.07, 6.45) is 5.18. The number of piperidine rings is 1. The van der Waals surface area contributed by atoms with Gasteiger partial charge in [0, 0.05) is 39.1 Å². The van der Waals surface area contributed by atoms with Crippen LogP contribution in [0.4, 0.5) is 0 Å². The number of hydrogen-bond donors (Lipinski definition) is 4. The molecule has 1 aliphatic rings. The van der Waals surface area contributed by atoms with Crippen molar-refractivity contribution >= 4 is 12.4 Å². The van der Waals surface area contributed by atoms with Gasteiger partial charge in [-0.2, -0.15) is 0 Å². The van der Waals surface area contributed by atoms with Crippen LogP contribution in [-0.2, 0) is 20.9 Å². The van der Waals surface area contributed by atoms with E-state index >= 15 is 0 Å². The SMILES string of the molecule is O=COC1CCN(CCC(=O)NCCCCCNCc2ccc(O)c(O)c2)CC1. The van der Waals surface area contributed by atoms with Crippen LogP contribution in [0.5, 0.6) is 11.5 Å². The van der Waals surface area contributed by atoms with E-state index in [0.29, 0.717) is 26.0 Å². The van der Waals surface area contributed by atoms with Gasteiger partial charge >= 0.3 is 0 Å². The first-order valence-corrected chi connectivity index (χ1v) is 10.4. The van der Waals surface area contributed by atoms with Crippen molar-refractivity contribution in [2.24, 2.45) is 0 Å². The van der Waals surface area contributed by atoms with Crippen LogP contribution in [0, 0.1) is 0 Å². The third-order valence-electron chi connectivity index (χ3n) is 5.16. The number of aromatic hydroxyl groups is 2. The molecule has 1 saturated heterocycles. The van der Waals surface area contributed by atoms with Crippen LogP contribution in [0.2, 0.25) is 0 Å². The summed E-state index contributed by atoms with van der Waals surface area (Å²) >= 11 is 0. The summed E-state index contributed by atoms with van der Waals surface area (Å²) in [5.74, 6) is -0.123. The molecule has 0 atom stereocenters. The predicted molar refractivity (Wildman–Crippen MR) is 110 cm³/mol. The Morgan fingerprint density at radius 3 is 2.62 bits per heavy atom. The molecular weight excluding hydrogens is 374 g/mol. The predicted octanol–water partition coefficient (Wildman–Crippen LogP) is 1.50. The monoisotopic (exact) mass is 407 g/mol. The number of carbonyl (C=O) groups is 2. The van der Waals surface area contributed by atoms with Crippen molar-refractivity contribution < 1.29 is 24.5 Å². The number of nitrogens with zero attached hydrogens (tertiary/aromatic N) is 1. The summed E-state index contributed by atoms with van der Waals surface area (Å²) in [4.78, 5) is 24.5. The number of phenolic OH excluding ortho intramolecular Hbond substituents is 2. The number of likely N-dealkylation sites (tertiary alicyclic amines) is 1. The minimum Gasteiger partial charge on any atom is -0.504 e. The van der Waals surface area contributed by atoms with Gasteiger partial charge < -0.3 is 30.5 Å². The topological polar surface area (TPSA) is 111 Å². The lowest BCUT2D eigenvalue weighted by molar-refractivity contribution is -0.135. The molecule has 1 heterocycles. The van der Waals surface area contributed by atoms with Gasteiger partial charge in [-0.3, -0.25) is 9.59 Å². The van der Waals surface area contributed by atoms with Gasteiger partial charge in [0.15, 0.2) is 11.5 Å². The lowest BCUT2D eigenvalue weighted by atomic mass is 10.1. The summed E-state index contributed by atoms with van der Waals surface area (Å²) in [5.41, 5.74) is 0.924. The van der Waals surface area contributed by atoms with Crippen LogP contribution in [0.15, 0.2) is 18.2 Å². The maximum atomic E-state index is 11.9.